The third-order valence-electron chi connectivity index (χ3n) is 10.1. The number of esters is 1. The molecule has 0 aliphatic carbocycles. The van der Waals surface area contributed by atoms with Crippen molar-refractivity contribution in [1.82, 2.24) is 15.3 Å². The predicted molar refractivity (Wildman–Crippen MR) is 209 cm³/mol. The Balaban J connectivity index is 2.17. The number of carbonyl (C=O) groups excluding carboxylic acids is 2. The number of imidazole rings is 1. The van der Waals surface area contributed by atoms with Gasteiger partial charge in [0.2, 0.25) is 5.91 Å². The van der Waals surface area contributed by atoms with Gasteiger partial charge in [0, 0.05) is 24.7 Å². The van der Waals surface area contributed by atoms with Crippen LogP contribution in [0, 0.1) is 0 Å². The Hall–Kier alpha value is -1.93. The smallest absolute Gasteiger partial charge is 0.329 e. The van der Waals surface area contributed by atoms with Crippen LogP contribution < -0.4 is 11.1 Å². The highest BCUT2D eigenvalue weighted by Gasteiger charge is 2.25. The minimum atomic E-state index is -0.829. The molecule has 1 amide bonds. The van der Waals surface area contributed by atoms with Crippen molar-refractivity contribution < 1.29 is 19.4 Å². The van der Waals surface area contributed by atoms with E-state index in [1.54, 1.807) is 12.5 Å². The van der Waals surface area contributed by atoms with Crippen LogP contribution in [0.3, 0.4) is 0 Å². The number of rotatable bonds is 37. The lowest BCUT2D eigenvalue weighted by Gasteiger charge is -2.21. The number of ether oxygens (including phenoxy) is 1. The number of nitrogens with two attached hydrogens (primary N) is 1. The summed E-state index contributed by atoms with van der Waals surface area (Å²) in [4.78, 5) is 32.8. The average Bonchev–Trinajstić information content (AvgIpc) is 3.63. The molecule has 5 N–H and O–H groups in total. The van der Waals surface area contributed by atoms with Gasteiger partial charge in [-0.25, -0.2) is 9.78 Å². The fraction of sp³-hybridized carbons (Fsp3) is 0.881. The summed E-state index contributed by atoms with van der Waals surface area (Å²) < 4.78 is 5.51. The maximum atomic E-state index is 13.0. The molecular formula is C42H80N4O4. The standard InChI is InChI=1S/C42H80N4O4/c1-3-5-7-9-11-13-15-17-18-20-22-24-26-28-30-32-41(48)46-39(33-37-34-44-36-45-37)42(49)50-35-38(43)40(47)31-29-27-25-23-21-19-16-14-12-10-8-6-4-2/h34,36,38-40,47H,3-33,35,43H2,1-2H3,(H,44,45)(H,46,48). The van der Waals surface area contributed by atoms with E-state index in [-0.39, 0.29) is 18.9 Å². The van der Waals surface area contributed by atoms with Crippen LogP contribution in [-0.4, -0.2) is 51.7 Å². The number of aliphatic hydroxyl groups excluding tert-OH is 1. The van der Waals surface area contributed by atoms with Gasteiger partial charge in [0.1, 0.15) is 12.6 Å². The topological polar surface area (TPSA) is 130 Å². The van der Waals surface area contributed by atoms with E-state index >= 15 is 0 Å². The second-order valence-corrected chi connectivity index (χ2v) is 15.0. The van der Waals surface area contributed by atoms with Crippen molar-refractivity contribution in [2.24, 2.45) is 5.73 Å². The number of hydrogen-bond donors (Lipinski definition) is 4. The van der Waals surface area contributed by atoms with Crippen LogP contribution in [0.4, 0.5) is 0 Å². The Morgan fingerprint density at radius 1 is 0.700 bits per heavy atom. The van der Waals surface area contributed by atoms with Gasteiger partial charge < -0.3 is 25.9 Å². The molecule has 3 atom stereocenters. The average molecular weight is 705 g/mol. The molecule has 0 aliphatic rings. The van der Waals surface area contributed by atoms with Crippen LogP contribution in [0.1, 0.15) is 212 Å². The van der Waals surface area contributed by atoms with Crippen LogP contribution in [0.15, 0.2) is 12.5 Å². The quantitative estimate of drug-likeness (QED) is 0.0403. The Morgan fingerprint density at radius 2 is 1.12 bits per heavy atom. The summed E-state index contributed by atoms with van der Waals surface area (Å²) in [6, 6.07) is -1.48. The zero-order valence-electron chi connectivity index (χ0n) is 32.7. The van der Waals surface area contributed by atoms with Crippen molar-refractivity contribution in [3.8, 4) is 0 Å². The second-order valence-electron chi connectivity index (χ2n) is 15.0. The van der Waals surface area contributed by atoms with E-state index in [1.807, 2.05) is 0 Å². The van der Waals surface area contributed by atoms with E-state index in [2.05, 4.69) is 29.1 Å². The molecule has 1 rings (SSSR count). The lowest BCUT2D eigenvalue weighted by molar-refractivity contribution is -0.149. The maximum Gasteiger partial charge on any atom is 0.329 e. The number of unbranched alkanes of at least 4 members (excludes halogenated alkanes) is 26. The third kappa shape index (κ3) is 27.8. The van der Waals surface area contributed by atoms with Crippen molar-refractivity contribution in [3.05, 3.63) is 18.2 Å². The molecule has 1 aromatic heterocycles. The molecular weight excluding hydrogens is 624 g/mol. The van der Waals surface area contributed by atoms with Crippen molar-refractivity contribution in [2.75, 3.05) is 6.61 Å². The van der Waals surface area contributed by atoms with Crippen LogP contribution in [0.25, 0.3) is 0 Å². The molecule has 8 nitrogen and oxygen atoms in total. The molecule has 0 fully saturated rings. The number of nitrogens with one attached hydrogen (secondary N) is 2. The minimum Gasteiger partial charge on any atom is -0.462 e. The normalized spacial score (nSPS) is 13.3. The number of carbonyl (C=O) groups is 2. The molecule has 0 bridgehead atoms. The van der Waals surface area contributed by atoms with Gasteiger partial charge in [0.25, 0.3) is 0 Å². The molecule has 50 heavy (non-hydrogen) atoms. The molecule has 292 valence electrons. The third-order valence-corrected chi connectivity index (χ3v) is 10.1. The summed E-state index contributed by atoms with van der Waals surface area (Å²) in [7, 11) is 0. The lowest BCUT2D eigenvalue weighted by Crippen LogP contribution is -2.46. The van der Waals surface area contributed by atoms with Gasteiger partial charge in [-0.15, -0.1) is 0 Å². The van der Waals surface area contributed by atoms with Gasteiger partial charge in [0.05, 0.1) is 18.5 Å². The second kappa shape index (κ2) is 34.2. The van der Waals surface area contributed by atoms with Gasteiger partial charge in [-0.2, -0.15) is 0 Å². The number of aromatic nitrogens is 2. The molecule has 0 saturated heterocycles. The number of aliphatic hydroxyl groups is 1. The van der Waals surface area contributed by atoms with Crippen molar-refractivity contribution in [1.29, 1.82) is 0 Å². The van der Waals surface area contributed by atoms with E-state index in [0.717, 1.165) is 37.8 Å². The molecule has 8 heteroatoms. The fourth-order valence-electron chi connectivity index (χ4n) is 6.71. The number of H-pyrrole nitrogens is 1. The first-order valence-electron chi connectivity index (χ1n) is 21.3. The van der Waals surface area contributed by atoms with Gasteiger partial charge >= 0.3 is 5.97 Å². The minimum absolute atomic E-state index is 0.0765. The molecule has 0 saturated carbocycles. The SMILES string of the molecule is CCCCCCCCCCCCCCCCCC(=O)NC(Cc1cnc[nH]1)C(=O)OCC(N)C(O)CCCCCCCCCCCCCCC. The number of hydrogen-bond acceptors (Lipinski definition) is 6. The summed E-state index contributed by atoms with van der Waals surface area (Å²) in [5.74, 6) is -0.680. The first-order valence-corrected chi connectivity index (χ1v) is 21.3. The van der Waals surface area contributed by atoms with Crippen LogP contribution in [0.2, 0.25) is 0 Å². The van der Waals surface area contributed by atoms with Crippen LogP contribution >= 0.6 is 0 Å². The maximum absolute atomic E-state index is 13.0. The highest BCUT2D eigenvalue weighted by Crippen LogP contribution is 2.16. The molecule has 1 aromatic rings. The van der Waals surface area contributed by atoms with E-state index in [9.17, 15) is 14.7 Å². The van der Waals surface area contributed by atoms with Gasteiger partial charge in [-0.05, 0) is 12.8 Å². The molecule has 0 spiro atoms. The molecule has 0 aromatic carbocycles. The van der Waals surface area contributed by atoms with Crippen molar-refractivity contribution >= 4 is 11.9 Å². The Kier molecular flexibility index (Phi) is 31.5. The highest BCUT2D eigenvalue weighted by molar-refractivity contribution is 5.84. The first kappa shape index (κ1) is 46.1. The molecule has 0 radical (unpaired) electrons. The highest BCUT2D eigenvalue weighted by atomic mass is 16.5. The predicted octanol–water partition coefficient (Wildman–Crippen LogP) is 10.4. The zero-order valence-corrected chi connectivity index (χ0v) is 32.7. The molecule has 0 aliphatic heterocycles. The summed E-state index contributed by atoms with van der Waals surface area (Å²) >= 11 is 0. The number of nitrogens with zero attached hydrogens (tertiary/aromatic N) is 1. The van der Waals surface area contributed by atoms with Gasteiger partial charge in [-0.3, -0.25) is 4.79 Å². The summed E-state index contributed by atoms with van der Waals surface area (Å²) in [6.07, 6.45) is 39.5. The summed E-state index contributed by atoms with van der Waals surface area (Å²) in [5, 5.41) is 13.4. The molecule has 3 unspecified atom stereocenters. The largest absolute Gasteiger partial charge is 0.462 e. The lowest BCUT2D eigenvalue weighted by atomic mass is 10.0. The van der Waals surface area contributed by atoms with Gasteiger partial charge in [0.15, 0.2) is 0 Å². The fourth-order valence-corrected chi connectivity index (χ4v) is 6.71. The number of aromatic amines is 1. The monoisotopic (exact) mass is 705 g/mol. The Bertz CT molecular complexity index is 881. The van der Waals surface area contributed by atoms with Crippen molar-refractivity contribution in [2.45, 2.75) is 231 Å². The Labute approximate surface area is 307 Å². The van der Waals surface area contributed by atoms with E-state index in [4.69, 9.17) is 10.5 Å². The van der Waals surface area contributed by atoms with E-state index < -0.39 is 24.2 Å². The van der Waals surface area contributed by atoms with E-state index in [0.29, 0.717) is 12.8 Å². The Morgan fingerprint density at radius 3 is 1.54 bits per heavy atom. The van der Waals surface area contributed by atoms with E-state index in [1.165, 1.54) is 148 Å². The number of amides is 1. The summed E-state index contributed by atoms with van der Waals surface area (Å²) in [5.41, 5.74) is 6.93. The van der Waals surface area contributed by atoms with Crippen molar-refractivity contribution in [3.63, 3.8) is 0 Å². The first-order chi connectivity index (χ1) is 24.5. The molecule has 1 heterocycles. The van der Waals surface area contributed by atoms with Gasteiger partial charge in [-0.1, -0.05) is 187 Å². The van der Waals surface area contributed by atoms with Crippen LogP contribution in [0.5, 0.6) is 0 Å². The summed E-state index contributed by atoms with van der Waals surface area (Å²) in [6.45, 7) is 4.45. The van der Waals surface area contributed by atoms with Crippen LogP contribution in [-0.2, 0) is 20.7 Å². The zero-order chi connectivity index (χ0) is 36.3.